The number of nitrogens with zero attached hydrogens (tertiary/aromatic N) is 2. The van der Waals surface area contributed by atoms with Crippen LogP contribution in [0.4, 0.5) is 0 Å². The molecule has 0 aromatic heterocycles. The van der Waals surface area contributed by atoms with Gasteiger partial charge >= 0.3 is 11.9 Å². The second-order valence-electron chi connectivity index (χ2n) is 4.70. The van der Waals surface area contributed by atoms with Crippen LogP contribution in [0.25, 0.3) is 0 Å². The predicted molar refractivity (Wildman–Crippen MR) is 70.9 cm³/mol. The van der Waals surface area contributed by atoms with E-state index in [2.05, 4.69) is 5.32 Å². The minimum Gasteiger partial charge on any atom is -0.481 e. The Kier molecular flexibility index (Phi) is 6.20. The summed E-state index contributed by atoms with van der Waals surface area (Å²) in [5, 5.41) is 28.7. The molecule has 0 atom stereocenters. The Balaban J connectivity index is 2.52. The number of carbonyl (C=O) groups is 3. The van der Waals surface area contributed by atoms with Crippen LogP contribution < -0.4 is 5.32 Å². The SMILES string of the molecule is N#C/C(=C/N1CCC(C(=O)O)CC1)C(=O)NCCC(=O)O. The number of carboxylic acid groups (broad SMARTS) is 2. The highest BCUT2D eigenvalue weighted by Gasteiger charge is 2.23. The molecule has 1 aliphatic rings. The Hall–Kier alpha value is -2.56. The monoisotopic (exact) mass is 295 g/mol. The van der Waals surface area contributed by atoms with Gasteiger partial charge in [-0.05, 0) is 12.8 Å². The summed E-state index contributed by atoms with van der Waals surface area (Å²) in [5.74, 6) is -2.87. The second-order valence-corrected chi connectivity index (χ2v) is 4.70. The lowest BCUT2D eigenvalue weighted by Gasteiger charge is -2.29. The van der Waals surface area contributed by atoms with Gasteiger partial charge in [-0.25, -0.2) is 0 Å². The van der Waals surface area contributed by atoms with E-state index in [0.29, 0.717) is 25.9 Å². The zero-order chi connectivity index (χ0) is 15.8. The first-order valence-electron chi connectivity index (χ1n) is 6.52. The van der Waals surface area contributed by atoms with Gasteiger partial charge in [0.25, 0.3) is 5.91 Å². The normalized spacial score (nSPS) is 16.1. The second kappa shape index (κ2) is 7.89. The van der Waals surface area contributed by atoms with Crippen molar-refractivity contribution < 1.29 is 24.6 Å². The smallest absolute Gasteiger partial charge is 0.306 e. The van der Waals surface area contributed by atoms with Crippen LogP contribution in [0.15, 0.2) is 11.8 Å². The molecule has 114 valence electrons. The number of hydrogen-bond acceptors (Lipinski definition) is 5. The molecule has 1 amide bonds. The number of piperidine rings is 1. The number of nitrogens with one attached hydrogen (secondary N) is 1. The van der Waals surface area contributed by atoms with Crippen LogP contribution in [0.3, 0.4) is 0 Å². The van der Waals surface area contributed by atoms with Gasteiger partial charge in [0.05, 0.1) is 12.3 Å². The molecule has 8 heteroatoms. The number of nitriles is 1. The van der Waals surface area contributed by atoms with Crippen LogP contribution in [-0.4, -0.2) is 52.6 Å². The summed E-state index contributed by atoms with van der Waals surface area (Å²) in [5.41, 5.74) is -0.117. The third kappa shape index (κ3) is 5.52. The summed E-state index contributed by atoms with van der Waals surface area (Å²) in [6, 6.07) is 1.76. The van der Waals surface area contributed by atoms with Crippen LogP contribution in [-0.2, 0) is 14.4 Å². The average molecular weight is 295 g/mol. The molecule has 0 spiro atoms. The summed E-state index contributed by atoms with van der Waals surface area (Å²) in [4.78, 5) is 34.6. The lowest BCUT2D eigenvalue weighted by Crippen LogP contribution is -2.34. The van der Waals surface area contributed by atoms with Crippen molar-refractivity contribution in [3.05, 3.63) is 11.8 Å². The van der Waals surface area contributed by atoms with Crippen molar-refractivity contribution in [2.75, 3.05) is 19.6 Å². The minimum atomic E-state index is -1.03. The number of amides is 1. The Bertz CT molecular complexity index is 487. The molecule has 21 heavy (non-hydrogen) atoms. The molecule has 0 unspecified atom stereocenters. The minimum absolute atomic E-state index is 0.0473. The van der Waals surface area contributed by atoms with Crippen LogP contribution in [0.1, 0.15) is 19.3 Å². The van der Waals surface area contributed by atoms with E-state index in [0.717, 1.165) is 0 Å². The summed E-state index contributed by atoms with van der Waals surface area (Å²) in [6.45, 7) is 0.878. The summed E-state index contributed by atoms with van der Waals surface area (Å²) < 4.78 is 0. The zero-order valence-corrected chi connectivity index (χ0v) is 11.4. The number of carboxylic acids is 2. The van der Waals surface area contributed by atoms with E-state index in [4.69, 9.17) is 15.5 Å². The summed E-state index contributed by atoms with van der Waals surface area (Å²) in [7, 11) is 0. The third-order valence-corrected chi connectivity index (χ3v) is 3.18. The molecule has 3 N–H and O–H groups in total. The van der Waals surface area contributed by atoms with Gasteiger partial charge < -0.3 is 20.4 Å². The van der Waals surface area contributed by atoms with E-state index < -0.39 is 17.8 Å². The van der Waals surface area contributed by atoms with Crippen molar-refractivity contribution in [2.45, 2.75) is 19.3 Å². The van der Waals surface area contributed by atoms with E-state index in [1.807, 2.05) is 0 Å². The fourth-order valence-electron chi connectivity index (χ4n) is 1.97. The molecule has 1 saturated heterocycles. The van der Waals surface area contributed by atoms with Gasteiger partial charge in [-0.1, -0.05) is 0 Å². The average Bonchev–Trinajstić information content (AvgIpc) is 2.44. The lowest BCUT2D eigenvalue weighted by molar-refractivity contribution is -0.143. The van der Waals surface area contributed by atoms with E-state index in [9.17, 15) is 14.4 Å². The molecule has 1 rings (SSSR count). The van der Waals surface area contributed by atoms with Gasteiger partial charge in [0, 0.05) is 25.8 Å². The maximum atomic E-state index is 11.7. The first kappa shape index (κ1) is 16.5. The molecule has 0 aromatic rings. The first-order chi connectivity index (χ1) is 9.93. The van der Waals surface area contributed by atoms with Crippen molar-refractivity contribution in [3.63, 3.8) is 0 Å². The van der Waals surface area contributed by atoms with Gasteiger partial charge in [-0.15, -0.1) is 0 Å². The Morgan fingerprint density at radius 2 is 1.90 bits per heavy atom. The Morgan fingerprint density at radius 3 is 2.38 bits per heavy atom. The molecule has 8 nitrogen and oxygen atoms in total. The Labute approximate surface area is 121 Å². The number of rotatable bonds is 6. The maximum absolute atomic E-state index is 11.7. The highest BCUT2D eigenvalue weighted by Crippen LogP contribution is 2.18. The molecule has 0 bridgehead atoms. The van der Waals surface area contributed by atoms with E-state index >= 15 is 0 Å². The fraction of sp³-hybridized carbons (Fsp3) is 0.538. The van der Waals surface area contributed by atoms with Crippen LogP contribution in [0.2, 0.25) is 0 Å². The van der Waals surface area contributed by atoms with E-state index in [-0.39, 0.29) is 24.5 Å². The van der Waals surface area contributed by atoms with Crippen molar-refractivity contribution >= 4 is 17.8 Å². The van der Waals surface area contributed by atoms with Gasteiger partial charge in [-0.3, -0.25) is 14.4 Å². The van der Waals surface area contributed by atoms with E-state index in [1.54, 1.807) is 11.0 Å². The molecule has 0 saturated carbocycles. The van der Waals surface area contributed by atoms with Gasteiger partial charge in [0.2, 0.25) is 0 Å². The quantitative estimate of drug-likeness (QED) is 0.456. The molecular formula is C13H17N3O5. The number of aliphatic carboxylic acids is 2. The third-order valence-electron chi connectivity index (χ3n) is 3.18. The molecule has 0 aromatic carbocycles. The number of likely N-dealkylation sites (tertiary alicyclic amines) is 1. The predicted octanol–water partition coefficient (Wildman–Crippen LogP) is -0.219. The van der Waals surface area contributed by atoms with Crippen molar-refractivity contribution in [1.29, 1.82) is 5.26 Å². The molecular weight excluding hydrogens is 278 g/mol. The summed E-state index contributed by atoms with van der Waals surface area (Å²) in [6.07, 6.45) is 2.11. The fourth-order valence-corrected chi connectivity index (χ4v) is 1.97. The lowest BCUT2D eigenvalue weighted by atomic mass is 9.97. The van der Waals surface area contributed by atoms with Crippen molar-refractivity contribution in [1.82, 2.24) is 10.2 Å². The maximum Gasteiger partial charge on any atom is 0.306 e. The topological polar surface area (TPSA) is 131 Å². The van der Waals surface area contributed by atoms with Crippen LogP contribution in [0, 0.1) is 17.2 Å². The number of carbonyl (C=O) groups excluding carboxylic acids is 1. The van der Waals surface area contributed by atoms with Crippen molar-refractivity contribution in [2.24, 2.45) is 5.92 Å². The Morgan fingerprint density at radius 1 is 1.29 bits per heavy atom. The molecule has 1 aliphatic heterocycles. The molecule has 0 radical (unpaired) electrons. The highest BCUT2D eigenvalue weighted by atomic mass is 16.4. The van der Waals surface area contributed by atoms with Gasteiger partial charge in [-0.2, -0.15) is 5.26 Å². The summed E-state index contributed by atoms with van der Waals surface area (Å²) >= 11 is 0. The first-order valence-corrected chi connectivity index (χ1v) is 6.52. The standard InChI is InChI=1S/C13H17N3O5/c14-7-10(12(19)15-4-1-11(17)18)8-16-5-2-9(3-6-16)13(20)21/h8-9H,1-6H2,(H,15,19)(H,17,18)(H,20,21)/b10-8-. The van der Waals surface area contributed by atoms with Crippen LogP contribution >= 0.6 is 0 Å². The molecule has 0 aliphatic carbocycles. The van der Waals surface area contributed by atoms with Gasteiger partial charge in [0.15, 0.2) is 0 Å². The molecule has 1 heterocycles. The highest BCUT2D eigenvalue weighted by molar-refractivity contribution is 5.97. The number of hydrogen-bond donors (Lipinski definition) is 3. The zero-order valence-electron chi connectivity index (χ0n) is 11.4. The van der Waals surface area contributed by atoms with Crippen molar-refractivity contribution in [3.8, 4) is 6.07 Å². The molecule has 1 fully saturated rings. The van der Waals surface area contributed by atoms with Gasteiger partial charge in [0.1, 0.15) is 11.6 Å². The van der Waals surface area contributed by atoms with E-state index in [1.165, 1.54) is 6.20 Å². The largest absolute Gasteiger partial charge is 0.481 e. The van der Waals surface area contributed by atoms with Crippen LogP contribution in [0.5, 0.6) is 0 Å².